The van der Waals surface area contributed by atoms with Gasteiger partial charge in [-0.25, -0.2) is 4.79 Å². The third-order valence-electron chi connectivity index (χ3n) is 19.9. The van der Waals surface area contributed by atoms with E-state index < -0.39 is 51.5 Å². The first-order valence-electron chi connectivity index (χ1n) is 26.5. The van der Waals surface area contributed by atoms with Crippen LogP contribution in [-0.2, 0) is 30.9 Å². The third-order valence-corrected chi connectivity index (χ3v) is 19.9. The molecule has 0 amide bonds. The van der Waals surface area contributed by atoms with Crippen molar-refractivity contribution < 1.29 is 34.4 Å². The molecule has 0 radical (unpaired) electrons. The summed E-state index contributed by atoms with van der Waals surface area (Å²) in [7, 11) is 0. The van der Waals surface area contributed by atoms with Crippen LogP contribution in [0.3, 0.4) is 0 Å². The zero-order valence-corrected chi connectivity index (χ0v) is 40.5. The number of aliphatic hydroxyl groups excluding tert-OH is 2. The highest BCUT2D eigenvalue weighted by atomic mass is 16.5. The molecule has 11 unspecified atom stereocenters. The van der Waals surface area contributed by atoms with Gasteiger partial charge in [-0.1, -0.05) is 125 Å². The van der Waals surface area contributed by atoms with Crippen LogP contribution in [-0.4, -0.2) is 57.8 Å². The summed E-state index contributed by atoms with van der Waals surface area (Å²) in [6, 6.07) is 21.7. The van der Waals surface area contributed by atoms with Gasteiger partial charge in [0.05, 0.1) is 34.1 Å². The molecule has 7 aliphatic rings. The molecule has 358 valence electrons. The molecule has 66 heavy (non-hydrogen) atoms. The minimum atomic E-state index is -1.70. The third kappa shape index (κ3) is 8.33. The van der Waals surface area contributed by atoms with Gasteiger partial charge in [0, 0.05) is 24.8 Å². The fraction of sp³-hybridized carbons (Fsp3) is 0.695. The van der Waals surface area contributed by atoms with Crippen molar-refractivity contribution in [3.63, 3.8) is 0 Å². The second kappa shape index (κ2) is 19.2. The summed E-state index contributed by atoms with van der Waals surface area (Å²) < 4.78 is 12.7. The van der Waals surface area contributed by atoms with Crippen LogP contribution in [0.25, 0.3) is 0 Å². The van der Waals surface area contributed by atoms with Gasteiger partial charge in [-0.05, 0) is 149 Å². The van der Waals surface area contributed by atoms with Crippen LogP contribution in [0.1, 0.15) is 180 Å². The van der Waals surface area contributed by atoms with E-state index in [-0.39, 0.29) is 30.4 Å². The minimum Gasteiger partial charge on any atom is -0.462 e. The standard InChI is InChI=1S/C59H80O7/c1-42(18-15-21-43-19-7-4-8-20-43)27-28-49(60)59-50(61)30-36-55(3,45-22-11-12-23-45)52(59)48-40-54(2,58(59,64)37-29-44-38-51(62)65-41-44)31-17-33-56(53(63)66-48)32-16-26-47(39-56)57(34-13-6-14-35-57)46-24-9-5-10-25-46/h4-5,7-10,19-20,24-25,38,42,45,47-50,52,60-61,64H,6,11-16,18,21-23,26-30,32-37,39-41H2,1-3H3. The van der Waals surface area contributed by atoms with Gasteiger partial charge in [0.2, 0.25) is 0 Å². The van der Waals surface area contributed by atoms with Crippen LogP contribution in [0.15, 0.2) is 72.3 Å². The Morgan fingerprint density at radius 2 is 1.50 bits per heavy atom. The van der Waals surface area contributed by atoms with Gasteiger partial charge >= 0.3 is 11.9 Å². The monoisotopic (exact) mass is 901 g/mol. The van der Waals surface area contributed by atoms with E-state index in [4.69, 9.17) is 9.47 Å². The Morgan fingerprint density at radius 1 is 0.788 bits per heavy atom. The Morgan fingerprint density at radius 3 is 2.21 bits per heavy atom. The summed E-state index contributed by atoms with van der Waals surface area (Å²) >= 11 is 0. The summed E-state index contributed by atoms with van der Waals surface area (Å²) in [4.78, 5) is 28.1. The number of esters is 2. The maximum Gasteiger partial charge on any atom is 0.331 e. The molecule has 11 atom stereocenters. The molecule has 5 aliphatic carbocycles. The van der Waals surface area contributed by atoms with Crippen molar-refractivity contribution in [2.24, 2.45) is 45.3 Å². The van der Waals surface area contributed by atoms with E-state index in [9.17, 15) is 20.1 Å². The lowest BCUT2D eigenvalue weighted by atomic mass is 9.35. The summed E-state index contributed by atoms with van der Waals surface area (Å²) in [5.74, 6) is 7.27. The number of hydrogen-bond donors (Lipinski definition) is 3. The lowest BCUT2D eigenvalue weighted by Crippen LogP contribution is -2.79. The van der Waals surface area contributed by atoms with Gasteiger partial charge in [0.15, 0.2) is 0 Å². The van der Waals surface area contributed by atoms with Crippen molar-refractivity contribution >= 4 is 11.9 Å². The Kier molecular flexibility index (Phi) is 13.8. The normalized spacial score (nSPS) is 37.5. The van der Waals surface area contributed by atoms with Crippen LogP contribution in [0.2, 0.25) is 0 Å². The van der Waals surface area contributed by atoms with Crippen molar-refractivity contribution in [3.05, 3.63) is 83.4 Å². The van der Waals surface area contributed by atoms with Crippen LogP contribution < -0.4 is 0 Å². The fourth-order valence-corrected chi connectivity index (χ4v) is 16.4. The number of carbonyl (C=O) groups is 2. The number of aliphatic hydroxyl groups is 3. The Balaban J connectivity index is 1.12. The zero-order valence-electron chi connectivity index (χ0n) is 40.5. The zero-order chi connectivity index (χ0) is 46.2. The van der Waals surface area contributed by atoms with Gasteiger partial charge in [-0.2, -0.15) is 0 Å². The SMILES string of the molecule is CC(CCCc1ccccc1)CCC(O)C12C(O)CCC(C)(C3CCCC3)C1C1CC(C)(C#CCC3(CCCC(C4(c5ccccc5)CCCCC4)C3)C(=O)O1)C2(O)CCC1=CC(=O)OC1. The molecule has 2 aromatic rings. The summed E-state index contributed by atoms with van der Waals surface area (Å²) in [5.41, 5.74) is -1.98. The average Bonchev–Trinajstić information content (AvgIpc) is 4.04. The van der Waals surface area contributed by atoms with Crippen molar-refractivity contribution in [2.75, 3.05) is 6.61 Å². The van der Waals surface area contributed by atoms with Crippen LogP contribution >= 0.6 is 0 Å². The molecule has 9 rings (SSSR count). The predicted octanol–water partition coefficient (Wildman–Crippen LogP) is 11.5. The minimum absolute atomic E-state index is 0.00763. The van der Waals surface area contributed by atoms with Crippen molar-refractivity contribution in [3.8, 4) is 11.8 Å². The quantitative estimate of drug-likeness (QED) is 0.128. The second-order valence-electron chi connectivity index (χ2n) is 23.4. The van der Waals surface area contributed by atoms with Gasteiger partial charge in [0.1, 0.15) is 12.7 Å². The number of rotatable bonds is 14. The Hall–Kier alpha value is -3.44. The van der Waals surface area contributed by atoms with Crippen molar-refractivity contribution in [1.82, 2.24) is 0 Å². The molecule has 0 saturated heterocycles. The number of benzene rings is 2. The van der Waals surface area contributed by atoms with Crippen molar-refractivity contribution in [2.45, 2.75) is 204 Å². The molecule has 2 heterocycles. The summed E-state index contributed by atoms with van der Waals surface area (Å²) in [6.07, 6.45) is 19.1. The molecule has 2 bridgehead atoms. The van der Waals surface area contributed by atoms with E-state index in [1.165, 1.54) is 30.4 Å². The number of aryl methyl sites for hydroxylation is 1. The largest absolute Gasteiger partial charge is 0.462 e. The lowest BCUT2D eigenvalue weighted by Gasteiger charge is -2.71. The Bertz CT molecular complexity index is 2110. The Labute approximate surface area is 396 Å². The molecule has 5 fully saturated rings. The number of cyclic esters (lactones) is 1. The van der Waals surface area contributed by atoms with E-state index in [2.05, 4.69) is 86.4 Å². The van der Waals surface area contributed by atoms with Gasteiger partial charge in [-0.15, -0.1) is 5.92 Å². The molecule has 2 aromatic carbocycles. The van der Waals surface area contributed by atoms with E-state index >= 15 is 4.79 Å². The van der Waals surface area contributed by atoms with Gasteiger partial charge in [0.25, 0.3) is 0 Å². The van der Waals surface area contributed by atoms with Gasteiger partial charge in [-0.3, -0.25) is 4.79 Å². The molecular formula is C59H80O7. The number of hydrogen-bond acceptors (Lipinski definition) is 7. The van der Waals surface area contributed by atoms with Crippen molar-refractivity contribution in [1.29, 1.82) is 0 Å². The van der Waals surface area contributed by atoms with E-state index in [0.29, 0.717) is 49.9 Å². The van der Waals surface area contributed by atoms with E-state index in [1.54, 1.807) is 6.08 Å². The number of ether oxygens (including phenoxy) is 2. The highest BCUT2D eigenvalue weighted by Crippen LogP contribution is 2.72. The summed E-state index contributed by atoms with van der Waals surface area (Å²) in [5, 5.41) is 41.0. The second-order valence-corrected chi connectivity index (χ2v) is 23.4. The van der Waals surface area contributed by atoms with Crippen LogP contribution in [0, 0.1) is 57.2 Å². The fourth-order valence-electron chi connectivity index (χ4n) is 16.4. The van der Waals surface area contributed by atoms with Crippen LogP contribution in [0.5, 0.6) is 0 Å². The lowest BCUT2D eigenvalue weighted by molar-refractivity contribution is -0.338. The maximum atomic E-state index is 15.7. The molecule has 2 aliphatic heterocycles. The molecule has 3 N–H and O–H groups in total. The molecular weight excluding hydrogens is 821 g/mol. The summed E-state index contributed by atoms with van der Waals surface area (Å²) in [6.45, 7) is 6.82. The topological polar surface area (TPSA) is 113 Å². The first kappa shape index (κ1) is 47.6. The molecule has 5 saturated carbocycles. The van der Waals surface area contributed by atoms with E-state index in [1.807, 2.05) is 6.92 Å². The molecule has 1 spiro atoms. The highest BCUT2D eigenvalue weighted by Gasteiger charge is 2.78. The average molecular weight is 901 g/mol. The predicted molar refractivity (Wildman–Crippen MR) is 259 cm³/mol. The highest BCUT2D eigenvalue weighted by molar-refractivity contribution is 5.85. The first-order valence-corrected chi connectivity index (χ1v) is 26.5. The first-order chi connectivity index (χ1) is 31.8. The maximum absolute atomic E-state index is 15.7. The van der Waals surface area contributed by atoms with E-state index in [0.717, 1.165) is 102 Å². The molecule has 0 aromatic heterocycles. The smallest absolute Gasteiger partial charge is 0.331 e. The number of fused-ring (bicyclic) bond motifs is 4. The molecule has 7 heteroatoms. The number of carbonyl (C=O) groups excluding carboxylic acids is 2. The molecule has 7 nitrogen and oxygen atoms in total. The van der Waals surface area contributed by atoms with Gasteiger partial charge < -0.3 is 24.8 Å². The van der Waals surface area contributed by atoms with Crippen LogP contribution in [0.4, 0.5) is 0 Å².